The van der Waals surface area contributed by atoms with Gasteiger partial charge in [0, 0.05) is 23.7 Å². The highest BCUT2D eigenvalue weighted by Gasteiger charge is 2.31. The number of esters is 1. The summed E-state index contributed by atoms with van der Waals surface area (Å²) < 4.78 is 4.99. The monoisotopic (exact) mass is 361 g/mol. The van der Waals surface area contributed by atoms with Crippen LogP contribution >= 0.6 is 11.8 Å². The Hall–Kier alpha value is -2.53. The molecule has 2 rings (SSSR count). The lowest BCUT2D eigenvalue weighted by molar-refractivity contribution is -0.153. The van der Waals surface area contributed by atoms with Crippen LogP contribution in [-0.2, 0) is 19.1 Å². The molecule has 0 aromatic heterocycles. The maximum atomic E-state index is 12.3. The van der Waals surface area contributed by atoms with E-state index in [0.29, 0.717) is 31.7 Å². The Kier molecular flexibility index (Phi) is 6.83. The smallest absolute Gasteiger partial charge is 0.313 e. The third-order valence-electron chi connectivity index (χ3n) is 3.80. The van der Waals surface area contributed by atoms with E-state index in [4.69, 9.17) is 10.00 Å². The average molecular weight is 361 g/mol. The number of thiocyanates is 1. The van der Waals surface area contributed by atoms with Crippen molar-refractivity contribution in [3.05, 3.63) is 24.3 Å². The number of hydrogen-bond donors (Lipinski definition) is 1. The van der Waals surface area contributed by atoms with Crippen LogP contribution < -0.4 is 5.32 Å². The van der Waals surface area contributed by atoms with Gasteiger partial charge < -0.3 is 15.0 Å². The fraction of sp³-hybridized carbons (Fsp3) is 0.412. The number of nitriles is 1. The molecule has 0 radical (unpaired) electrons. The van der Waals surface area contributed by atoms with Crippen molar-refractivity contribution in [3.63, 3.8) is 0 Å². The third-order valence-corrected chi connectivity index (χ3v) is 4.40. The van der Waals surface area contributed by atoms with Crippen LogP contribution in [0.1, 0.15) is 19.8 Å². The van der Waals surface area contributed by atoms with E-state index in [2.05, 4.69) is 5.32 Å². The van der Waals surface area contributed by atoms with Crippen LogP contribution in [0.3, 0.4) is 0 Å². The van der Waals surface area contributed by atoms with Gasteiger partial charge in [-0.1, -0.05) is 0 Å². The summed E-state index contributed by atoms with van der Waals surface area (Å²) in [7, 11) is 0. The topological polar surface area (TPSA) is 99.5 Å². The zero-order chi connectivity index (χ0) is 18.2. The number of ether oxygens (including phenoxy) is 1. The van der Waals surface area contributed by atoms with Gasteiger partial charge in [0.25, 0.3) is 0 Å². The lowest BCUT2D eigenvalue weighted by atomic mass is 9.98. The first-order chi connectivity index (χ1) is 12.0. The third kappa shape index (κ3) is 5.22. The van der Waals surface area contributed by atoms with Gasteiger partial charge in [-0.3, -0.25) is 14.4 Å². The van der Waals surface area contributed by atoms with Gasteiger partial charge in [-0.05, 0) is 55.8 Å². The Balaban J connectivity index is 1.93. The van der Waals surface area contributed by atoms with Crippen molar-refractivity contribution in [2.75, 3.05) is 25.0 Å². The molecule has 1 fully saturated rings. The fourth-order valence-electron chi connectivity index (χ4n) is 2.60. The van der Waals surface area contributed by atoms with E-state index in [1.165, 1.54) is 4.90 Å². The van der Waals surface area contributed by atoms with Gasteiger partial charge in [-0.25, -0.2) is 0 Å². The van der Waals surface area contributed by atoms with Crippen molar-refractivity contribution < 1.29 is 19.1 Å². The molecule has 1 heterocycles. The number of amides is 2. The molecule has 2 amide bonds. The first-order valence-electron chi connectivity index (χ1n) is 7.98. The van der Waals surface area contributed by atoms with Gasteiger partial charge in [0.1, 0.15) is 5.40 Å². The second kappa shape index (κ2) is 9.08. The molecule has 1 N–H and O–H groups in total. The van der Waals surface area contributed by atoms with E-state index in [1.54, 1.807) is 31.2 Å². The number of thioether (sulfide) groups is 1. The zero-order valence-corrected chi connectivity index (χ0v) is 14.7. The first-order valence-corrected chi connectivity index (χ1v) is 8.79. The normalized spacial score (nSPS) is 16.6. The number of likely N-dealkylation sites (tertiary alicyclic amines) is 1. The molecule has 1 saturated heterocycles. The maximum absolute atomic E-state index is 12.3. The Labute approximate surface area is 150 Å². The van der Waals surface area contributed by atoms with E-state index in [9.17, 15) is 14.4 Å². The van der Waals surface area contributed by atoms with Crippen LogP contribution in [0.2, 0.25) is 0 Å². The number of hydrogen-bond acceptors (Lipinski definition) is 6. The molecule has 1 aromatic rings. The molecule has 7 nitrogen and oxygen atoms in total. The van der Waals surface area contributed by atoms with Gasteiger partial charge in [-0.2, -0.15) is 5.26 Å². The number of rotatable bonds is 4. The Bertz CT molecular complexity index is 684. The zero-order valence-electron chi connectivity index (χ0n) is 13.9. The van der Waals surface area contributed by atoms with Crippen LogP contribution in [-0.4, -0.2) is 42.4 Å². The van der Waals surface area contributed by atoms with E-state index < -0.39 is 11.8 Å². The van der Waals surface area contributed by atoms with Crippen molar-refractivity contribution in [1.29, 1.82) is 5.26 Å². The highest BCUT2D eigenvalue weighted by atomic mass is 32.2. The van der Waals surface area contributed by atoms with E-state index in [0.717, 1.165) is 16.7 Å². The van der Waals surface area contributed by atoms with Crippen molar-refractivity contribution in [2.45, 2.75) is 24.7 Å². The van der Waals surface area contributed by atoms with Crippen molar-refractivity contribution >= 4 is 35.2 Å². The summed E-state index contributed by atoms with van der Waals surface area (Å²) in [4.78, 5) is 38.4. The molecule has 0 aliphatic carbocycles. The minimum Gasteiger partial charge on any atom is -0.466 e. The summed E-state index contributed by atoms with van der Waals surface area (Å²) in [6, 6.07) is 6.63. The molecule has 1 aliphatic heterocycles. The molecule has 0 bridgehead atoms. The van der Waals surface area contributed by atoms with Gasteiger partial charge in [0.2, 0.25) is 0 Å². The van der Waals surface area contributed by atoms with Crippen LogP contribution in [0.15, 0.2) is 29.2 Å². The summed E-state index contributed by atoms with van der Waals surface area (Å²) in [6.45, 7) is 2.67. The quantitative estimate of drug-likeness (QED) is 0.381. The SMILES string of the molecule is CCOC(=O)C1CCCN(C(=O)C(=O)Nc2ccc(SC#N)cc2)C1. The van der Waals surface area contributed by atoms with Crippen molar-refractivity contribution in [2.24, 2.45) is 5.92 Å². The summed E-state index contributed by atoms with van der Waals surface area (Å²) in [5.41, 5.74) is 0.472. The minimum atomic E-state index is -0.745. The average Bonchev–Trinajstić information content (AvgIpc) is 2.63. The van der Waals surface area contributed by atoms with E-state index >= 15 is 0 Å². The van der Waals surface area contributed by atoms with Crippen LogP contribution in [0.5, 0.6) is 0 Å². The molecule has 1 aliphatic rings. The van der Waals surface area contributed by atoms with Gasteiger partial charge in [-0.15, -0.1) is 0 Å². The largest absolute Gasteiger partial charge is 0.466 e. The number of nitrogens with zero attached hydrogens (tertiary/aromatic N) is 2. The number of nitrogens with one attached hydrogen (secondary N) is 1. The molecule has 1 aromatic carbocycles. The number of carbonyl (C=O) groups is 3. The number of carbonyl (C=O) groups excluding carboxylic acids is 3. The maximum Gasteiger partial charge on any atom is 0.313 e. The summed E-state index contributed by atoms with van der Waals surface area (Å²) in [5.74, 6) is -2.12. The van der Waals surface area contributed by atoms with Gasteiger partial charge >= 0.3 is 17.8 Å². The van der Waals surface area contributed by atoms with Crippen molar-refractivity contribution in [3.8, 4) is 5.40 Å². The second-order valence-electron chi connectivity index (χ2n) is 5.51. The number of benzene rings is 1. The van der Waals surface area contributed by atoms with Gasteiger partial charge in [0.15, 0.2) is 0 Å². The number of anilines is 1. The molecule has 132 valence electrons. The summed E-state index contributed by atoms with van der Waals surface area (Å²) in [5, 5.41) is 13.1. The lowest BCUT2D eigenvalue weighted by Gasteiger charge is -2.30. The Morgan fingerprint density at radius 3 is 2.72 bits per heavy atom. The minimum absolute atomic E-state index is 0.197. The molecular weight excluding hydrogens is 342 g/mol. The summed E-state index contributed by atoms with van der Waals surface area (Å²) >= 11 is 1.01. The highest BCUT2D eigenvalue weighted by Crippen LogP contribution is 2.20. The van der Waals surface area contributed by atoms with Crippen LogP contribution in [0.25, 0.3) is 0 Å². The highest BCUT2D eigenvalue weighted by molar-refractivity contribution is 8.03. The first kappa shape index (κ1) is 18.8. The Morgan fingerprint density at radius 2 is 2.08 bits per heavy atom. The molecule has 1 atom stereocenters. The van der Waals surface area contributed by atoms with Crippen LogP contribution in [0, 0.1) is 16.6 Å². The van der Waals surface area contributed by atoms with E-state index in [1.807, 2.05) is 5.40 Å². The second-order valence-corrected chi connectivity index (χ2v) is 6.37. The molecular formula is C17H19N3O4S. The predicted octanol–water partition coefficient (Wildman–Crippen LogP) is 2.00. The standard InChI is InChI=1S/C17H19N3O4S/c1-2-24-17(23)12-4-3-9-20(10-12)16(22)15(21)19-13-5-7-14(8-6-13)25-11-18/h5-8,12H,2-4,9-10H2,1H3,(H,19,21). The predicted molar refractivity (Wildman–Crippen MR) is 92.5 cm³/mol. The van der Waals surface area contributed by atoms with Crippen molar-refractivity contribution in [1.82, 2.24) is 4.90 Å². The number of piperidine rings is 1. The Morgan fingerprint density at radius 1 is 1.36 bits per heavy atom. The summed E-state index contributed by atoms with van der Waals surface area (Å²) in [6.07, 6.45) is 1.31. The van der Waals surface area contributed by atoms with E-state index in [-0.39, 0.29) is 18.4 Å². The molecule has 25 heavy (non-hydrogen) atoms. The lowest BCUT2D eigenvalue weighted by Crippen LogP contribution is -2.47. The molecule has 8 heteroatoms. The molecule has 0 saturated carbocycles. The molecule has 0 spiro atoms. The fourth-order valence-corrected chi connectivity index (χ4v) is 2.98. The van der Waals surface area contributed by atoms with Crippen LogP contribution in [0.4, 0.5) is 5.69 Å². The van der Waals surface area contributed by atoms with Gasteiger partial charge in [0.05, 0.1) is 12.5 Å². The molecule has 1 unspecified atom stereocenters.